The summed E-state index contributed by atoms with van der Waals surface area (Å²) in [5.74, 6) is 0.0124. The Kier molecular flexibility index (Phi) is 10.6. The first-order valence-electron chi connectivity index (χ1n) is 16.5. The van der Waals surface area contributed by atoms with Gasteiger partial charge in [-0.1, -0.05) is 78.9 Å². The van der Waals surface area contributed by atoms with E-state index in [1.165, 1.54) is 22.3 Å². The second kappa shape index (κ2) is 14.8. The molecule has 2 atom stereocenters. The van der Waals surface area contributed by atoms with E-state index in [1.54, 1.807) is 16.2 Å². The summed E-state index contributed by atoms with van der Waals surface area (Å²) in [4.78, 5) is 40.4. The number of fused-ring (bicyclic) bond motifs is 4. The number of likely N-dealkylation sites (tertiary alicyclic amines) is 2. The Morgan fingerprint density at radius 2 is 1.51 bits per heavy atom. The third-order valence-electron chi connectivity index (χ3n) is 10.1. The maximum atomic E-state index is 13.9. The number of ether oxygens (including phenoxy) is 1. The minimum atomic E-state index is -0.615. The van der Waals surface area contributed by atoms with E-state index < -0.39 is 6.04 Å². The molecule has 1 aliphatic carbocycles. The smallest absolute Gasteiger partial charge is 0.409 e. The van der Waals surface area contributed by atoms with Crippen molar-refractivity contribution in [2.24, 2.45) is 11.7 Å². The molecule has 2 aliphatic heterocycles. The van der Waals surface area contributed by atoms with Crippen LogP contribution >= 0.6 is 36.2 Å². The normalized spacial score (nSPS) is 17.9. The van der Waals surface area contributed by atoms with E-state index >= 15 is 0 Å². The molecule has 0 saturated carbocycles. The average Bonchev–Trinajstić information content (AvgIpc) is 3.86. The van der Waals surface area contributed by atoms with E-state index in [1.807, 2.05) is 71.8 Å². The van der Waals surface area contributed by atoms with Gasteiger partial charge in [0.15, 0.2) is 0 Å². The van der Waals surface area contributed by atoms with E-state index in [0.29, 0.717) is 39.1 Å². The van der Waals surface area contributed by atoms with Crippen LogP contribution in [0.5, 0.6) is 0 Å². The van der Waals surface area contributed by atoms with Crippen LogP contribution in [0.3, 0.4) is 0 Å². The van der Waals surface area contributed by atoms with Gasteiger partial charge in [-0.15, -0.1) is 36.2 Å². The summed E-state index contributed by atoms with van der Waals surface area (Å²) in [5, 5.41) is 0.938. The molecule has 2 aromatic heterocycles. The standard InChI is InChI=1S/C38H37N5O3S.2ClH/c39-33(37(44)43-20-8-15-31(43)36-41-35-32(47-36)16-19-40-34(35)25-9-2-1-3-10-25)24-17-21-42(22-18-24)38(45)46-23-30-28-13-6-4-11-26(28)27-12-5-7-14-29(27)30;;/h1-7,9-14,16,19,24,30-31,33H,8,15,17-18,20-23,39H2;2*1H/t31-,33-;;/m0../s1. The van der Waals surface area contributed by atoms with Gasteiger partial charge in [-0.25, -0.2) is 9.78 Å². The Labute approximate surface area is 302 Å². The molecule has 0 bridgehead atoms. The fourth-order valence-electron chi connectivity index (χ4n) is 7.63. The van der Waals surface area contributed by atoms with Gasteiger partial charge in [-0.3, -0.25) is 9.78 Å². The first-order chi connectivity index (χ1) is 23.1. The van der Waals surface area contributed by atoms with Crippen molar-refractivity contribution in [3.8, 4) is 22.4 Å². The summed E-state index contributed by atoms with van der Waals surface area (Å²) >= 11 is 1.64. The summed E-state index contributed by atoms with van der Waals surface area (Å²) in [7, 11) is 0. The second-order valence-corrected chi connectivity index (χ2v) is 13.8. The van der Waals surface area contributed by atoms with Gasteiger partial charge in [0.25, 0.3) is 0 Å². The molecule has 0 unspecified atom stereocenters. The lowest BCUT2D eigenvalue weighted by atomic mass is 9.89. The first-order valence-corrected chi connectivity index (χ1v) is 17.4. The fourth-order valence-corrected chi connectivity index (χ4v) is 8.74. The summed E-state index contributed by atoms with van der Waals surface area (Å²) in [5.41, 5.74) is 14.3. The zero-order chi connectivity index (χ0) is 31.9. The molecular weight excluding hydrogens is 677 g/mol. The molecule has 0 radical (unpaired) electrons. The average molecular weight is 717 g/mol. The van der Waals surface area contributed by atoms with Crippen LogP contribution in [0.4, 0.5) is 4.79 Å². The van der Waals surface area contributed by atoms with Crippen molar-refractivity contribution in [3.63, 3.8) is 0 Å². The Bertz CT molecular complexity index is 1900. The highest BCUT2D eigenvalue weighted by atomic mass is 35.5. The molecule has 8 nitrogen and oxygen atoms in total. The Morgan fingerprint density at radius 1 is 0.857 bits per heavy atom. The number of aromatic nitrogens is 2. The molecule has 2 fully saturated rings. The molecule has 2 N–H and O–H groups in total. The number of benzene rings is 3. The number of nitrogens with zero attached hydrogens (tertiary/aromatic N) is 4. The topological polar surface area (TPSA) is 102 Å². The van der Waals surface area contributed by atoms with Crippen LogP contribution in [0, 0.1) is 5.92 Å². The van der Waals surface area contributed by atoms with Gasteiger partial charge >= 0.3 is 6.09 Å². The van der Waals surface area contributed by atoms with Crippen LogP contribution in [0.2, 0.25) is 0 Å². The molecule has 5 aromatic rings. The Hall–Kier alpha value is -4.02. The molecule has 2 amide bonds. The van der Waals surface area contributed by atoms with Gasteiger partial charge in [-0.05, 0) is 59.9 Å². The largest absolute Gasteiger partial charge is 0.448 e. The van der Waals surface area contributed by atoms with Crippen molar-refractivity contribution >= 4 is 58.4 Å². The summed E-state index contributed by atoms with van der Waals surface area (Å²) in [6.45, 7) is 2.03. The lowest BCUT2D eigenvalue weighted by molar-refractivity contribution is -0.135. The van der Waals surface area contributed by atoms with E-state index in [4.69, 9.17) is 15.5 Å². The Morgan fingerprint density at radius 3 is 2.20 bits per heavy atom. The minimum absolute atomic E-state index is 0. The molecule has 0 spiro atoms. The summed E-state index contributed by atoms with van der Waals surface area (Å²) in [6, 6.07) is 28.1. The van der Waals surface area contributed by atoms with Crippen molar-refractivity contribution < 1.29 is 14.3 Å². The predicted molar refractivity (Wildman–Crippen MR) is 198 cm³/mol. The quantitative estimate of drug-likeness (QED) is 0.192. The van der Waals surface area contributed by atoms with Gasteiger partial charge in [-0.2, -0.15) is 0 Å². The second-order valence-electron chi connectivity index (χ2n) is 12.8. The van der Waals surface area contributed by atoms with Gasteiger partial charge < -0.3 is 20.3 Å². The zero-order valence-corrected chi connectivity index (χ0v) is 29.4. The van der Waals surface area contributed by atoms with Crippen molar-refractivity contribution in [2.75, 3.05) is 26.2 Å². The van der Waals surface area contributed by atoms with Gasteiger partial charge in [0.2, 0.25) is 5.91 Å². The SMILES string of the molecule is Cl.Cl.N[C@H](C(=O)N1CCC[C@H]1c1nc2c(-c3ccccc3)nccc2s1)C1CCN(C(=O)OCC2c3ccccc3-c3ccccc32)CC1. The molecule has 254 valence electrons. The number of hydrogen-bond donors (Lipinski definition) is 1. The third-order valence-corrected chi connectivity index (χ3v) is 11.2. The van der Waals surface area contributed by atoms with Crippen molar-refractivity contribution in [2.45, 2.75) is 43.7 Å². The molecule has 3 aliphatic rings. The fraction of sp³-hybridized carbons (Fsp3) is 0.316. The van der Waals surface area contributed by atoms with E-state index in [-0.39, 0.29) is 54.7 Å². The molecule has 2 saturated heterocycles. The van der Waals surface area contributed by atoms with Gasteiger partial charge in [0.05, 0.1) is 22.5 Å². The summed E-state index contributed by atoms with van der Waals surface area (Å²) < 4.78 is 6.97. The number of hydrogen-bond acceptors (Lipinski definition) is 7. The van der Waals surface area contributed by atoms with Crippen LogP contribution in [0.25, 0.3) is 32.6 Å². The number of rotatable bonds is 6. The monoisotopic (exact) mass is 715 g/mol. The zero-order valence-electron chi connectivity index (χ0n) is 26.9. The summed E-state index contributed by atoms with van der Waals surface area (Å²) in [6.07, 6.45) is 4.65. The first kappa shape index (κ1) is 34.8. The van der Waals surface area contributed by atoms with E-state index in [0.717, 1.165) is 39.3 Å². The van der Waals surface area contributed by atoms with Crippen LogP contribution in [-0.4, -0.2) is 64.1 Å². The van der Waals surface area contributed by atoms with E-state index in [2.05, 4.69) is 29.2 Å². The maximum Gasteiger partial charge on any atom is 0.409 e. The molecular formula is C38H39Cl2N5O3S. The van der Waals surface area contributed by atoms with Crippen LogP contribution in [0.15, 0.2) is 91.1 Å². The highest BCUT2D eigenvalue weighted by molar-refractivity contribution is 7.18. The highest BCUT2D eigenvalue weighted by Gasteiger charge is 2.39. The van der Waals surface area contributed by atoms with Gasteiger partial charge in [0.1, 0.15) is 17.1 Å². The molecule has 8 rings (SSSR count). The molecule has 49 heavy (non-hydrogen) atoms. The minimum Gasteiger partial charge on any atom is -0.448 e. The number of halogens is 2. The van der Waals surface area contributed by atoms with Crippen molar-refractivity contribution in [1.82, 2.24) is 19.8 Å². The third kappa shape index (κ3) is 6.53. The van der Waals surface area contributed by atoms with E-state index in [9.17, 15) is 9.59 Å². The highest BCUT2D eigenvalue weighted by Crippen LogP contribution is 2.45. The predicted octanol–water partition coefficient (Wildman–Crippen LogP) is 7.85. The number of amides is 2. The lowest BCUT2D eigenvalue weighted by Crippen LogP contribution is -2.51. The van der Waals surface area contributed by atoms with Gasteiger partial charge in [0, 0.05) is 37.3 Å². The van der Waals surface area contributed by atoms with Crippen LogP contribution in [0.1, 0.15) is 53.8 Å². The number of thiazole rings is 1. The molecule has 3 aromatic carbocycles. The molecule has 11 heteroatoms. The number of pyridine rings is 1. The maximum absolute atomic E-state index is 13.9. The lowest BCUT2D eigenvalue weighted by Gasteiger charge is -2.36. The van der Waals surface area contributed by atoms with Crippen LogP contribution < -0.4 is 5.73 Å². The van der Waals surface area contributed by atoms with Crippen molar-refractivity contribution in [1.29, 1.82) is 0 Å². The van der Waals surface area contributed by atoms with Crippen molar-refractivity contribution in [3.05, 3.63) is 107 Å². The number of piperidine rings is 1. The number of nitrogens with two attached hydrogens (primary N) is 1. The number of carbonyl (C=O) groups excluding carboxylic acids is 2. The van der Waals surface area contributed by atoms with Crippen LogP contribution in [-0.2, 0) is 9.53 Å². The number of carbonyl (C=O) groups is 2. The molecule has 4 heterocycles. The Balaban J connectivity index is 0.00000208.